The molecule has 0 amide bonds. The quantitative estimate of drug-likeness (QED) is 0.432. The van der Waals surface area contributed by atoms with Gasteiger partial charge >= 0.3 is 0 Å². The fourth-order valence-corrected chi connectivity index (χ4v) is 1.99. The van der Waals surface area contributed by atoms with Crippen molar-refractivity contribution < 1.29 is 0 Å². The van der Waals surface area contributed by atoms with Crippen LogP contribution in [0, 0.1) is 0 Å². The molecule has 0 radical (unpaired) electrons. The zero-order valence-electron chi connectivity index (χ0n) is 9.33. The number of nitrogens with zero attached hydrogens (tertiary/aromatic N) is 5. The van der Waals surface area contributed by atoms with Crippen LogP contribution in [0.1, 0.15) is 12.5 Å². The van der Waals surface area contributed by atoms with Gasteiger partial charge in [0.15, 0.2) is 0 Å². The molecule has 0 saturated carbocycles. The maximum Gasteiger partial charge on any atom is 0.136 e. The van der Waals surface area contributed by atoms with E-state index in [1.807, 2.05) is 26.1 Å². The second-order valence-electron chi connectivity index (χ2n) is 3.84. The zero-order valence-corrected chi connectivity index (χ0v) is 9.33. The highest BCUT2D eigenvalue weighted by Gasteiger charge is 2.23. The van der Waals surface area contributed by atoms with Gasteiger partial charge in [0.1, 0.15) is 5.82 Å². The first-order valence-corrected chi connectivity index (χ1v) is 5.11. The molecule has 1 aromatic rings. The third kappa shape index (κ3) is 1.73. The molecule has 5 heteroatoms. The Labute approximate surface area is 94.0 Å². The van der Waals surface area contributed by atoms with Crippen LogP contribution >= 0.6 is 0 Å². The zero-order chi connectivity index (χ0) is 11.5. The minimum absolute atomic E-state index is 0.110. The van der Waals surface area contributed by atoms with Gasteiger partial charge in [0.25, 0.3) is 0 Å². The lowest BCUT2D eigenvalue weighted by Crippen LogP contribution is -2.38. The van der Waals surface area contributed by atoms with E-state index in [1.54, 1.807) is 6.20 Å². The van der Waals surface area contributed by atoms with E-state index >= 15 is 0 Å². The molecule has 1 unspecified atom stereocenters. The Kier molecular flexibility index (Phi) is 2.79. The standard InChI is InChI=1S/C11H13N5/c1-8-6-9-4-3-5-13-11(9)16(2)10(8)7-14-15-12/h3-6,10H,7H2,1-2H3. The highest BCUT2D eigenvalue weighted by Crippen LogP contribution is 2.29. The van der Waals surface area contributed by atoms with Crippen molar-refractivity contribution in [2.75, 3.05) is 18.5 Å². The third-order valence-electron chi connectivity index (χ3n) is 2.85. The monoisotopic (exact) mass is 215 g/mol. The van der Waals surface area contributed by atoms with Crippen molar-refractivity contribution in [2.24, 2.45) is 5.11 Å². The second-order valence-corrected chi connectivity index (χ2v) is 3.84. The number of azide groups is 1. The second kappa shape index (κ2) is 4.24. The summed E-state index contributed by atoms with van der Waals surface area (Å²) in [5, 5.41) is 3.64. The van der Waals surface area contributed by atoms with Crippen LogP contribution in [-0.4, -0.2) is 24.6 Å². The smallest absolute Gasteiger partial charge is 0.136 e. The Bertz CT molecular complexity index is 473. The molecule has 5 nitrogen and oxygen atoms in total. The summed E-state index contributed by atoms with van der Waals surface area (Å²) in [5.41, 5.74) is 10.7. The van der Waals surface area contributed by atoms with Crippen LogP contribution in [0.3, 0.4) is 0 Å². The van der Waals surface area contributed by atoms with Gasteiger partial charge in [0, 0.05) is 23.7 Å². The van der Waals surface area contributed by atoms with E-state index in [2.05, 4.69) is 26.0 Å². The molecule has 16 heavy (non-hydrogen) atoms. The van der Waals surface area contributed by atoms with Crippen molar-refractivity contribution in [3.05, 3.63) is 39.9 Å². The molecule has 0 N–H and O–H groups in total. The van der Waals surface area contributed by atoms with Gasteiger partial charge in [-0.05, 0) is 24.6 Å². The molecule has 2 heterocycles. The Morgan fingerprint density at radius 2 is 2.44 bits per heavy atom. The molecule has 1 aliphatic rings. The molecule has 1 aliphatic heterocycles. The van der Waals surface area contributed by atoms with Crippen LogP contribution < -0.4 is 4.90 Å². The van der Waals surface area contributed by atoms with Crippen LogP contribution in [-0.2, 0) is 0 Å². The number of rotatable bonds is 2. The maximum atomic E-state index is 8.37. The number of anilines is 1. The van der Waals surface area contributed by atoms with Gasteiger partial charge in [-0.15, -0.1) is 0 Å². The third-order valence-corrected chi connectivity index (χ3v) is 2.85. The number of hydrogen-bond acceptors (Lipinski definition) is 3. The molecular formula is C11H13N5. The molecule has 0 bridgehead atoms. The summed E-state index contributed by atoms with van der Waals surface area (Å²) in [4.78, 5) is 9.20. The predicted molar refractivity (Wildman–Crippen MR) is 64.1 cm³/mol. The van der Waals surface area contributed by atoms with Crippen LogP contribution in [0.4, 0.5) is 5.82 Å². The normalized spacial score (nSPS) is 18.5. The van der Waals surface area contributed by atoms with Crippen LogP contribution in [0.5, 0.6) is 0 Å². The fraction of sp³-hybridized carbons (Fsp3) is 0.364. The number of likely N-dealkylation sites (N-methyl/N-ethyl adjacent to an activating group) is 1. The van der Waals surface area contributed by atoms with E-state index in [0.29, 0.717) is 6.54 Å². The van der Waals surface area contributed by atoms with E-state index < -0.39 is 0 Å². The van der Waals surface area contributed by atoms with Crippen molar-refractivity contribution in [1.29, 1.82) is 0 Å². The van der Waals surface area contributed by atoms with Gasteiger partial charge in [-0.25, -0.2) is 4.98 Å². The summed E-state index contributed by atoms with van der Waals surface area (Å²) >= 11 is 0. The summed E-state index contributed by atoms with van der Waals surface area (Å²) in [6, 6.07) is 4.06. The molecule has 0 aromatic carbocycles. The molecule has 1 aromatic heterocycles. The van der Waals surface area contributed by atoms with Gasteiger partial charge in [-0.3, -0.25) is 0 Å². The van der Waals surface area contributed by atoms with Gasteiger partial charge in [-0.2, -0.15) is 0 Å². The first-order chi connectivity index (χ1) is 7.74. The minimum Gasteiger partial charge on any atom is -0.352 e. The number of aromatic nitrogens is 1. The molecule has 2 rings (SSSR count). The molecule has 0 aliphatic carbocycles. The molecule has 1 atom stereocenters. The number of hydrogen-bond donors (Lipinski definition) is 0. The van der Waals surface area contributed by atoms with Crippen molar-refractivity contribution in [1.82, 2.24) is 4.98 Å². The summed E-state index contributed by atoms with van der Waals surface area (Å²) < 4.78 is 0. The van der Waals surface area contributed by atoms with Crippen molar-refractivity contribution in [3.8, 4) is 0 Å². The van der Waals surface area contributed by atoms with Crippen LogP contribution in [0.25, 0.3) is 16.5 Å². The molecular weight excluding hydrogens is 202 g/mol. The molecule has 0 fully saturated rings. The molecule has 0 spiro atoms. The Hall–Kier alpha value is -2.00. The summed E-state index contributed by atoms with van der Waals surface area (Å²) in [6.07, 6.45) is 3.87. The minimum atomic E-state index is 0.110. The average molecular weight is 215 g/mol. The fourth-order valence-electron chi connectivity index (χ4n) is 1.99. The lowest BCUT2D eigenvalue weighted by Gasteiger charge is -2.33. The summed E-state index contributed by atoms with van der Waals surface area (Å²) in [7, 11) is 1.97. The van der Waals surface area contributed by atoms with E-state index in [0.717, 1.165) is 11.4 Å². The topological polar surface area (TPSA) is 64.9 Å². The van der Waals surface area contributed by atoms with E-state index in [1.165, 1.54) is 5.57 Å². The van der Waals surface area contributed by atoms with Gasteiger partial charge < -0.3 is 4.90 Å². The van der Waals surface area contributed by atoms with Gasteiger partial charge in [0.2, 0.25) is 0 Å². The largest absolute Gasteiger partial charge is 0.352 e. The molecule has 82 valence electrons. The van der Waals surface area contributed by atoms with Crippen LogP contribution in [0.2, 0.25) is 0 Å². The maximum absolute atomic E-state index is 8.37. The SMILES string of the molecule is CC1=Cc2cccnc2N(C)C1CN=[N+]=[N-]. The first-order valence-electron chi connectivity index (χ1n) is 5.11. The van der Waals surface area contributed by atoms with Crippen molar-refractivity contribution >= 4 is 11.9 Å². The Morgan fingerprint density at radius 1 is 1.62 bits per heavy atom. The Balaban J connectivity index is 2.38. The van der Waals surface area contributed by atoms with Gasteiger partial charge in [-0.1, -0.05) is 16.8 Å². The van der Waals surface area contributed by atoms with E-state index in [-0.39, 0.29) is 6.04 Å². The van der Waals surface area contributed by atoms with Crippen molar-refractivity contribution in [2.45, 2.75) is 13.0 Å². The highest BCUT2D eigenvalue weighted by atomic mass is 15.2. The highest BCUT2D eigenvalue weighted by molar-refractivity contribution is 5.71. The predicted octanol–water partition coefficient (Wildman–Crippen LogP) is 2.61. The lowest BCUT2D eigenvalue weighted by molar-refractivity contribution is 0.703. The van der Waals surface area contributed by atoms with Crippen LogP contribution in [0.15, 0.2) is 29.0 Å². The average Bonchev–Trinajstić information content (AvgIpc) is 2.29. The number of fused-ring (bicyclic) bond motifs is 1. The van der Waals surface area contributed by atoms with E-state index in [4.69, 9.17) is 5.53 Å². The first kappa shape index (κ1) is 10.5. The van der Waals surface area contributed by atoms with Crippen molar-refractivity contribution in [3.63, 3.8) is 0 Å². The molecule has 0 saturated heterocycles. The summed E-state index contributed by atoms with van der Waals surface area (Å²) in [6.45, 7) is 2.48. The van der Waals surface area contributed by atoms with Gasteiger partial charge in [0.05, 0.1) is 12.6 Å². The lowest BCUT2D eigenvalue weighted by atomic mass is 10.00. The number of pyridine rings is 1. The van der Waals surface area contributed by atoms with E-state index in [9.17, 15) is 0 Å². The Morgan fingerprint density at radius 3 is 3.19 bits per heavy atom. The summed E-state index contributed by atoms with van der Waals surface area (Å²) in [5.74, 6) is 0.936.